The normalized spacial score (nSPS) is 16.7. The van der Waals surface area contributed by atoms with Gasteiger partial charge in [0, 0.05) is 32.7 Å². The van der Waals surface area contributed by atoms with Gasteiger partial charge in [0.1, 0.15) is 18.5 Å². The van der Waals surface area contributed by atoms with E-state index >= 15 is 0 Å². The van der Waals surface area contributed by atoms with Crippen LogP contribution in [0, 0.1) is 6.92 Å². The predicted molar refractivity (Wildman–Crippen MR) is 100.0 cm³/mol. The number of piperazine rings is 1. The molecule has 6 nitrogen and oxygen atoms in total. The van der Waals surface area contributed by atoms with E-state index in [1.54, 1.807) is 12.6 Å². The maximum absolute atomic E-state index is 10.2. The highest BCUT2D eigenvalue weighted by atomic mass is 32.1. The number of ether oxygens (including phenoxy) is 2. The zero-order valence-electron chi connectivity index (χ0n) is 14.7. The number of thiazole rings is 1. The summed E-state index contributed by atoms with van der Waals surface area (Å²) in [5.41, 5.74) is 3.77. The van der Waals surface area contributed by atoms with Gasteiger partial charge >= 0.3 is 0 Å². The van der Waals surface area contributed by atoms with E-state index < -0.39 is 6.10 Å². The van der Waals surface area contributed by atoms with Crippen molar-refractivity contribution in [2.45, 2.75) is 13.0 Å². The first-order chi connectivity index (χ1) is 12.2. The van der Waals surface area contributed by atoms with Crippen LogP contribution in [-0.4, -0.2) is 67.5 Å². The molecule has 1 saturated heterocycles. The summed E-state index contributed by atoms with van der Waals surface area (Å²) in [6.07, 6.45) is -0.501. The van der Waals surface area contributed by atoms with Crippen LogP contribution in [0.2, 0.25) is 0 Å². The molecule has 0 amide bonds. The van der Waals surface area contributed by atoms with Gasteiger partial charge in [-0.25, -0.2) is 4.98 Å². The van der Waals surface area contributed by atoms with Crippen LogP contribution in [0.15, 0.2) is 29.8 Å². The number of aliphatic hydroxyl groups is 1. The Bertz CT molecular complexity index is 671. The molecule has 1 fully saturated rings. The molecule has 0 spiro atoms. The Kier molecular flexibility index (Phi) is 6.12. The van der Waals surface area contributed by atoms with Crippen LogP contribution in [0.25, 0.3) is 0 Å². The summed E-state index contributed by atoms with van der Waals surface area (Å²) in [7, 11) is 1.70. The maximum atomic E-state index is 10.2. The summed E-state index contributed by atoms with van der Waals surface area (Å²) >= 11 is 1.46. The number of methoxy groups -OCH3 is 1. The van der Waals surface area contributed by atoms with Crippen LogP contribution < -0.4 is 14.4 Å². The first kappa shape index (κ1) is 18.0. The average Bonchev–Trinajstić information content (AvgIpc) is 3.05. The number of aryl methyl sites for hydroxylation is 1. The average molecular weight is 363 g/mol. The molecule has 1 aromatic heterocycles. The maximum Gasteiger partial charge on any atom is 0.197 e. The lowest BCUT2D eigenvalue weighted by molar-refractivity contribution is 0.0673. The van der Waals surface area contributed by atoms with Gasteiger partial charge in [0.2, 0.25) is 0 Å². The third-order valence-corrected chi connectivity index (χ3v) is 5.21. The van der Waals surface area contributed by atoms with Gasteiger partial charge in [-0.2, -0.15) is 0 Å². The van der Waals surface area contributed by atoms with Crippen LogP contribution in [0.5, 0.6) is 10.8 Å². The minimum atomic E-state index is -0.501. The summed E-state index contributed by atoms with van der Waals surface area (Å²) in [6, 6.07) is 8.10. The minimum Gasteiger partial charge on any atom is -0.495 e. The van der Waals surface area contributed by atoms with E-state index in [4.69, 9.17) is 9.47 Å². The molecule has 3 rings (SSSR count). The highest BCUT2D eigenvalue weighted by Crippen LogP contribution is 2.28. The van der Waals surface area contributed by atoms with Gasteiger partial charge in [0.05, 0.1) is 24.0 Å². The van der Waals surface area contributed by atoms with E-state index in [0.29, 0.717) is 13.2 Å². The number of β-amino-alcohol motifs (C(OH)–C–C–N with tert-alkyl or cyclic N) is 1. The SMILES string of the molecule is COc1ccccc1N1CCN(CC(O)COc2scnc2C)CC1. The van der Waals surface area contributed by atoms with Gasteiger partial charge in [-0.1, -0.05) is 23.5 Å². The zero-order chi connectivity index (χ0) is 17.6. The molecule has 1 N–H and O–H groups in total. The number of aromatic nitrogens is 1. The van der Waals surface area contributed by atoms with Crippen LogP contribution in [0.3, 0.4) is 0 Å². The van der Waals surface area contributed by atoms with Gasteiger partial charge in [-0.3, -0.25) is 4.90 Å². The molecule has 1 unspecified atom stereocenters. The molecular formula is C18H25N3O3S. The van der Waals surface area contributed by atoms with E-state index in [0.717, 1.165) is 48.4 Å². The molecule has 136 valence electrons. The molecule has 1 aromatic carbocycles. The van der Waals surface area contributed by atoms with Crippen molar-refractivity contribution >= 4 is 17.0 Å². The molecule has 1 aliphatic rings. The van der Waals surface area contributed by atoms with Crippen LogP contribution >= 0.6 is 11.3 Å². The van der Waals surface area contributed by atoms with Crippen molar-refractivity contribution in [3.63, 3.8) is 0 Å². The molecule has 0 saturated carbocycles. The lowest BCUT2D eigenvalue weighted by Gasteiger charge is -2.37. The van der Waals surface area contributed by atoms with Gasteiger partial charge in [0.15, 0.2) is 5.06 Å². The van der Waals surface area contributed by atoms with Crippen molar-refractivity contribution in [3.05, 3.63) is 35.5 Å². The van der Waals surface area contributed by atoms with E-state index in [1.807, 2.05) is 25.1 Å². The first-order valence-electron chi connectivity index (χ1n) is 8.48. The van der Waals surface area contributed by atoms with E-state index in [-0.39, 0.29) is 0 Å². The van der Waals surface area contributed by atoms with Crippen LogP contribution in [-0.2, 0) is 0 Å². The highest BCUT2D eigenvalue weighted by molar-refractivity contribution is 7.11. The molecule has 1 atom stereocenters. The number of hydrogen-bond acceptors (Lipinski definition) is 7. The fourth-order valence-corrected chi connectivity index (χ4v) is 3.68. The number of benzene rings is 1. The molecule has 0 bridgehead atoms. The van der Waals surface area contributed by atoms with Crippen molar-refractivity contribution in [3.8, 4) is 10.8 Å². The second-order valence-corrected chi connectivity index (χ2v) is 6.97. The Balaban J connectivity index is 1.45. The third kappa shape index (κ3) is 4.62. The summed E-state index contributed by atoms with van der Waals surface area (Å²) < 4.78 is 11.1. The van der Waals surface area contributed by atoms with Crippen molar-refractivity contribution in [2.24, 2.45) is 0 Å². The van der Waals surface area contributed by atoms with Gasteiger partial charge in [0.25, 0.3) is 0 Å². The Morgan fingerprint density at radius 3 is 2.68 bits per heavy atom. The largest absolute Gasteiger partial charge is 0.495 e. The second kappa shape index (κ2) is 8.51. The van der Waals surface area contributed by atoms with Crippen molar-refractivity contribution < 1.29 is 14.6 Å². The molecule has 0 radical (unpaired) electrons. The summed E-state index contributed by atoms with van der Waals surface area (Å²) in [4.78, 5) is 8.76. The predicted octanol–water partition coefficient (Wildman–Crippen LogP) is 2.02. The van der Waals surface area contributed by atoms with E-state index in [1.165, 1.54) is 11.3 Å². The molecular weight excluding hydrogens is 338 g/mol. The topological polar surface area (TPSA) is 58.1 Å². The van der Waals surface area contributed by atoms with E-state index in [2.05, 4.69) is 20.9 Å². The Morgan fingerprint density at radius 1 is 1.24 bits per heavy atom. The lowest BCUT2D eigenvalue weighted by atomic mass is 10.2. The molecule has 7 heteroatoms. The third-order valence-electron chi connectivity index (χ3n) is 4.38. The summed E-state index contributed by atoms with van der Waals surface area (Å²) in [6.45, 7) is 6.50. The number of para-hydroxylation sites is 2. The molecule has 2 heterocycles. The molecule has 2 aromatic rings. The Labute approximate surface area is 152 Å². The van der Waals surface area contributed by atoms with Gasteiger partial charge in [-0.05, 0) is 19.1 Å². The fraction of sp³-hybridized carbons (Fsp3) is 0.500. The highest BCUT2D eigenvalue weighted by Gasteiger charge is 2.21. The molecule has 0 aliphatic carbocycles. The fourth-order valence-electron chi connectivity index (χ4n) is 3.01. The number of nitrogens with zero attached hydrogens (tertiary/aromatic N) is 3. The van der Waals surface area contributed by atoms with Gasteiger partial charge < -0.3 is 19.5 Å². The number of aliphatic hydroxyl groups excluding tert-OH is 1. The van der Waals surface area contributed by atoms with Crippen molar-refractivity contribution in [1.29, 1.82) is 0 Å². The van der Waals surface area contributed by atoms with Crippen LogP contribution in [0.1, 0.15) is 5.69 Å². The zero-order valence-corrected chi connectivity index (χ0v) is 15.5. The first-order valence-corrected chi connectivity index (χ1v) is 9.36. The van der Waals surface area contributed by atoms with Crippen LogP contribution in [0.4, 0.5) is 5.69 Å². The molecule has 1 aliphatic heterocycles. The summed E-state index contributed by atoms with van der Waals surface area (Å²) in [5.74, 6) is 0.907. The minimum absolute atomic E-state index is 0.301. The second-order valence-electron chi connectivity index (χ2n) is 6.15. The quantitative estimate of drug-likeness (QED) is 0.812. The monoisotopic (exact) mass is 363 g/mol. The Morgan fingerprint density at radius 2 is 2.00 bits per heavy atom. The van der Waals surface area contributed by atoms with Crippen molar-refractivity contribution in [1.82, 2.24) is 9.88 Å². The standard InChI is InChI=1S/C18H25N3O3S/c1-14-18(25-13-19-14)24-12-15(22)11-20-7-9-21(10-8-20)16-5-3-4-6-17(16)23-2/h3-6,13,15,22H,7-12H2,1-2H3. The number of anilines is 1. The molecule has 25 heavy (non-hydrogen) atoms. The number of rotatable bonds is 7. The number of hydrogen-bond donors (Lipinski definition) is 1. The lowest BCUT2D eigenvalue weighted by Crippen LogP contribution is -2.49. The van der Waals surface area contributed by atoms with Gasteiger partial charge in [-0.15, -0.1) is 0 Å². The van der Waals surface area contributed by atoms with Crippen molar-refractivity contribution in [2.75, 3.05) is 51.3 Å². The smallest absolute Gasteiger partial charge is 0.197 e. The Hall–Kier alpha value is -1.83. The van der Waals surface area contributed by atoms with E-state index in [9.17, 15) is 5.11 Å². The summed E-state index contributed by atoms with van der Waals surface area (Å²) in [5, 5.41) is 11.0.